The maximum Gasteiger partial charge on any atom is 0.0693 e. The highest BCUT2D eigenvalue weighted by molar-refractivity contribution is 9.11. The lowest BCUT2D eigenvalue weighted by molar-refractivity contribution is 0.0859. The monoisotopic (exact) mass is 375 g/mol. The predicted octanol–water partition coefficient (Wildman–Crippen LogP) is 4.17. The molecule has 2 nitrogen and oxygen atoms in total. The van der Waals surface area contributed by atoms with Crippen molar-refractivity contribution in [3.8, 4) is 0 Å². The molecular weight excluding hydrogens is 358 g/mol. The third-order valence-electron chi connectivity index (χ3n) is 3.62. The first-order chi connectivity index (χ1) is 8.58. The summed E-state index contributed by atoms with van der Waals surface area (Å²) >= 11 is 7.06. The van der Waals surface area contributed by atoms with Crippen molar-refractivity contribution in [2.75, 3.05) is 0 Å². The quantitative estimate of drug-likeness (QED) is 0.829. The third-order valence-corrected chi connectivity index (χ3v) is 4.80. The predicted molar refractivity (Wildman–Crippen MR) is 81.7 cm³/mol. The topological polar surface area (TPSA) is 32.3 Å². The van der Waals surface area contributed by atoms with Crippen molar-refractivity contribution in [1.82, 2.24) is 5.32 Å². The van der Waals surface area contributed by atoms with Crippen LogP contribution >= 0.6 is 31.9 Å². The highest BCUT2D eigenvalue weighted by Gasteiger charge is 2.24. The molecule has 0 amide bonds. The Labute approximate surface area is 125 Å². The summed E-state index contributed by atoms with van der Waals surface area (Å²) < 4.78 is 2.17. The molecule has 4 heteroatoms. The van der Waals surface area contributed by atoms with Crippen LogP contribution in [0.5, 0.6) is 0 Å². The Balaban J connectivity index is 2.04. The van der Waals surface area contributed by atoms with Gasteiger partial charge in [0.15, 0.2) is 0 Å². The fourth-order valence-corrected chi connectivity index (χ4v) is 3.96. The number of aliphatic hydroxyl groups is 1. The molecule has 3 unspecified atom stereocenters. The largest absolute Gasteiger partial charge is 0.392 e. The zero-order chi connectivity index (χ0) is 13.1. The standard InChI is InChI=1S/C14H19Br2NO/c1-9(11-7-6-10(15)8-12(11)16)17-13-4-2-3-5-14(13)18/h6-9,13-14,17-18H,2-5H2,1H3. The molecule has 0 spiro atoms. The van der Waals surface area contributed by atoms with Gasteiger partial charge in [0.25, 0.3) is 0 Å². The zero-order valence-corrected chi connectivity index (χ0v) is 13.7. The van der Waals surface area contributed by atoms with Crippen molar-refractivity contribution < 1.29 is 5.11 Å². The van der Waals surface area contributed by atoms with E-state index in [1.165, 1.54) is 12.0 Å². The summed E-state index contributed by atoms with van der Waals surface area (Å²) in [5, 5.41) is 13.5. The van der Waals surface area contributed by atoms with Crippen LogP contribution in [0.4, 0.5) is 0 Å². The lowest BCUT2D eigenvalue weighted by Crippen LogP contribution is -2.43. The summed E-state index contributed by atoms with van der Waals surface area (Å²) in [7, 11) is 0. The molecule has 1 aromatic rings. The Morgan fingerprint density at radius 2 is 2.00 bits per heavy atom. The molecule has 100 valence electrons. The molecule has 0 bridgehead atoms. The molecule has 2 rings (SSSR count). The van der Waals surface area contributed by atoms with Crippen molar-refractivity contribution >= 4 is 31.9 Å². The summed E-state index contributed by atoms with van der Waals surface area (Å²) in [5.74, 6) is 0. The molecule has 3 atom stereocenters. The van der Waals surface area contributed by atoms with E-state index in [2.05, 4.69) is 62.3 Å². The molecule has 1 aromatic carbocycles. The average molecular weight is 377 g/mol. The Bertz CT molecular complexity index is 411. The average Bonchev–Trinajstić information content (AvgIpc) is 2.32. The number of aliphatic hydroxyl groups excluding tert-OH is 1. The highest BCUT2D eigenvalue weighted by Crippen LogP contribution is 2.28. The lowest BCUT2D eigenvalue weighted by Gasteiger charge is -2.31. The van der Waals surface area contributed by atoms with E-state index < -0.39 is 0 Å². The van der Waals surface area contributed by atoms with Crippen molar-refractivity contribution in [1.29, 1.82) is 0 Å². The van der Waals surface area contributed by atoms with Crippen LogP contribution in [-0.2, 0) is 0 Å². The fourth-order valence-electron chi connectivity index (χ4n) is 2.57. The van der Waals surface area contributed by atoms with Crippen molar-refractivity contribution in [3.05, 3.63) is 32.7 Å². The normalized spacial score (nSPS) is 26.0. The molecule has 0 aliphatic heterocycles. The molecular formula is C14H19Br2NO. The first kappa shape index (κ1) is 14.5. The van der Waals surface area contributed by atoms with Crippen LogP contribution in [0.1, 0.15) is 44.2 Å². The van der Waals surface area contributed by atoms with Crippen molar-refractivity contribution in [3.63, 3.8) is 0 Å². The van der Waals surface area contributed by atoms with Crippen LogP contribution in [0.3, 0.4) is 0 Å². The first-order valence-corrected chi connectivity index (χ1v) is 8.05. The van der Waals surface area contributed by atoms with Gasteiger partial charge in [-0.05, 0) is 37.5 Å². The minimum Gasteiger partial charge on any atom is -0.392 e. The van der Waals surface area contributed by atoms with Crippen LogP contribution in [0, 0.1) is 0 Å². The van der Waals surface area contributed by atoms with Gasteiger partial charge >= 0.3 is 0 Å². The molecule has 1 saturated carbocycles. The van der Waals surface area contributed by atoms with Crippen molar-refractivity contribution in [2.45, 2.75) is 50.8 Å². The van der Waals surface area contributed by atoms with Crippen LogP contribution < -0.4 is 5.32 Å². The van der Waals surface area contributed by atoms with E-state index in [4.69, 9.17) is 0 Å². The van der Waals surface area contributed by atoms with E-state index >= 15 is 0 Å². The molecule has 18 heavy (non-hydrogen) atoms. The van der Waals surface area contributed by atoms with Crippen LogP contribution in [0.2, 0.25) is 0 Å². The highest BCUT2D eigenvalue weighted by atomic mass is 79.9. The maximum atomic E-state index is 10.00. The Kier molecular flexibility index (Phi) is 5.24. The minimum atomic E-state index is -0.199. The maximum absolute atomic E-state index is 10.00. The molecule has 0 heterocycles. The summed E-state index contributed by atoms with van der Waals surface area (Å²) in [4.78, 5) is 0. The van der Waals surface area contributed by atoms with Gasteiger partial charge in [-0.2, -0.15) is 0 Å². The number of hydrogen-bond donors (Lipinski definition) is 2. The number of benzene rings is 1. The lowest BCUT2D eigenvalue weighted by atomic mass is 9.91. The van der Waals surface area contributed by atoms with Crippen LogP contribution in [0.25, 0.3) is 0 Å². The van der Waals surface area contributed by atoms with Crippen LogP contribution in [-0.4, -0.2) is 17.3 Å². The number of nitrogens with one attached hydrogen (secondary N) is 1. The van der Waals surface area contributed by atoms with Gasteiger partial charge in [0, 0.05) is 21.0 Å². The second-order valence-electron chi connectivity index (χ2n) is 5.01. The summed E-state index contributed by atoms with van der Waals surface area (Å²) in [6.07, 6.45) is 4.15. The molecule has 1 aliphatic carbocycles. The molecule has 0 radical (unpaired) electrons. The van der Waals surface area contributed by atoms with E-state index in [-0.39, 0.29) is 18.2 Å². The summed E-state index contributed by atoms with van der Waals surface area (Å²) in [6.45, 7) is 2.15. The van der Waals surface area contributed by atoms with Gasteiger partial charge in [0.05, 0.1) is 6.10 Å². The summed E-state index contributed by atoms with van der Waals surface area (Å²) in [5.41, 5.74) is 1.23. The molecule has 1 fully saturated rings. The molecule has 2 N–H and O–H groups in total. The SMILES string of the molecule is CC(NC1CCCCC1O)c1ccc(Br)cc1Br. The van der Waals surface area contributed by atoms with Crippen LogP contribution in [0.15, 0.2) is 27.1 Å². The summed E-state index contributed by atoms with van der Waals surface area (Å²) in [6, 6.07) is 6.69. The smallest absolute Gasteiger partial charge is 0.0693 e. The van der Waals surface area contributed by atoms with Gasteiger partial charge in [-0.15, -0.1) is 0 Å². The Morgan fingerprint density at radius 3 is 2.67 bits per heavy atom. The van der Waals surface area contributed by atoms with Gasteiger partial charge in [-0.1, -0.05) is 50.8 Å². The second-order valence-corrected chi connectivity index (χ2v) is 6.78. The molecule has 1 aliphatic rings. The van der Waals surface area contributed by atoms with E-state index in [9.17, 15) is 5.11 Å². The minimum absolute atomic E-state index is 0.199. The van der Waals surface area contributed by atoms with E-state index in [1.807, 2.05) is 0 Å². The van der Waals surface area contributed by atoms with Gasteiger partial charge < -0.3 is 10.4 Å². The first-order valence-electron chi connectivity index (χ1n) is 6.47. The van der Waals surface area contributed by atoms with Gasteiger partial charge in [-0.3, -0.25) is 0 Å². The third kappa shape index (κ3) is 3.56. The number of halogens is 2. The van der Waals surface area contributed by atoms with Gasteiger partial charge in [0.2, 0.25) is 0 Å². The zero-order valence-electron chi connectivity index (χ0n) is 10.5. The van der Waals surface area contributed by atoms with E-state index in [0.29, 0.717) is 0 Å². The van der Waals surface area contributed by atoms with E-state index in [1.54, 1.807) is 0 Å². The van der Waals surface area contributed by atoms with Gasteiger partial charge in [0.1, 0.15) is 0 Å². The number of rotatable bonds is 3. The number of hydrogen-bond acceptors (Lipinski definition) is 2. The van der Waals surface area contributed by atoms with Crippen molar-refractivity contribution in [2.24, 2.45) is 0 Å². The fraction of sp³-hybridized carbons (Fsp3) is 0.571. The van der Waals surface area contributed by atoms with Gasteiger partial charge in [-0.25, -0.2) is 0 Å². The van der Waals surface area contributed by atoms with E-state index in [0.717, 1.165) is 28.2 Å². The second kappa shape index (κ2) is 6.51. The Hall–Kier alpha value is 0.1000. The molecule has 0 saturated heterocycles. The molecule has 0 aromatic heterocycles. The Morgan fingerprint density at radius 1 is 1.28 bits per heavy atom.